The summed E-state index contributed by atoms with van der Waals surface area (Å²) in [4.78, 5) is 2.93. The lowest BCUT2D eigenvalue weighted by Gasteiger charge is -2.30. The van der Waals surface area contributed by atoms with E-state index in [1.807, 2.05) is 12.1 Å². The molecule has 1 atom stereocenters. The van der Waals surface area contributed by atoms with Gasteiger partial charge in [0.15, 0.2) is 0 Å². The molecule has 116 valence electrons. The van der Waals surface area contributed by atoms with Crippen molar-refractivity contribution < 1.29 is 0 Å². The van der Waals surface area contributed by atoms with Gasteiger partial charge in [0.05, 0.1) is 0 Å². The maximum absolute atomic E-state index is 5.90. The van der Waals surface area contributed by atoms with Crippen molar-refractivity contribution in [3.63, 3.8) is 0 Å². The molecule has 0 aromatic heterocycles. The normalized spacial score (nSPS) is 20.2. The minimum absolute atomic E-state index is 0.388. The Balaban J connectivity index is 2.23. The van der Waals surface area contributed by atoms with Gasteiger partial charge in [-0.15, -0.1) is 0 Å². The molecular formula is C17H25BrN2S. The van der Waals surface area contributed by atoms with Crippen LogP contribution in [0.4, 0.5) is 5.69 Å². The van der Waals surface area contributed by atoms with Crippen molar-refractivity contribution in [2.75, 3.05) is 18.0 Å². The van der Waals surface area contributed by atoms with Gasteiger partial charge in [-0.05, 0) is 48.8 Å². The van der Waals surface area contributed by atoms with Gasteiger partial charge < -0.3 is 10.6 Å². The third kappa shape index (κ3) is 4.19. The van der Waals surface area contributed by atoms with Crippen molar-refractivity contribution in [1.82, 2.24) is 0 Å². The summed E-state index contributed by atoms with van der Waals surface area (Å²) in [5, 5.41) is 0. The van der Waals surface area contributed by atoms with Crippen molar-refractivity contribution >= 4 is 38.8 Å². The fourth-order valence-corrected chi connectivity index (χ4v) is 3.70. The number of nitrogens with two attached hydrogens (primary N) is 1. The Kier molecular flexibility index (Phi) is 5.31. The minimum Gasteiger partial charge on any atom is -0.389 e. The average Bonchev–Trinajstić information content (AvgIpc) is 2.63. The molecule has 4 heteroatoms. The second kappa shape index (κ2) is 6.66. The molecule has 1 aliphatic heterocycles. The number of anilines is 1. The van der Waals surface area contributed by atoms with Crippen molar-refractivity contribution in [2.45, 2.75) is 40.0 Å². The summed E-state index contributed by atoms with van der Waals surface area (Å²) in [5.74, 6) is 0.780. The molecule has 1 unspecified atom stereocenters. The topological polar surface area (TPSA) is 29.3 Å². The Morgan fingerprint density at radius 2 is 2.00 bits per heavy atom. The average molecular weight is 369 g/mol. The molecular weight excluding hydrogens is 344 g/mol. The van der Waals surface area contributed by atoms with Gasteiger partial charge in [-0.25, -0.2) is 0 Å². The van der Waals surface area contributed by atoms with Crippen molar-refractivity contribution in [1.29, 1.82) is 0 Å². The zero-order chi connectivity index (χ0) is 15.6. The van der Waals surface area contributed by atoms with Gasteiger partial charge in [-0.1, -0.05) is 48.9 Å². The summed E-state index contributed by atoms with van der Waals surface area (Å²) in [6, 6.07) is 6.17. The van der Waals surface area contributed by atoms with E-state index in [1.54, 1.807) is 0 Å². The highest BCUT2D eigenvalue weighted by molar-refractivity contribution is 9.10. The number of hydrogen-bond acceptors (Lipinski definition) is 2. The fraction of sp³-hybridized carbons (Fsp3) is 0.588. The maximum Gasteiger partial charge on any atom is 0.106 e. The van der Waals surface area contributed by atoms with E-state index in [-0.39, 0.29) is 0 Å². The standard InChI is InChI=1S/C17H25BrN2S/c1-17(2,3)12-5-4-9-20(10-8-12)15-11-13(18)6-7-14(15)16(19)21/h6-7,11-12H,4-5,8-10H2,1-3H3,(H2,19,21). The smallest absolute Gasteiger partial charge is 0.106 e. The van der Waals surface area contributed by atoms with Crippen molar-refractivity contribution in [3.05, 3.63) is 28.2 Å². The van der Waals surface area contributed by atoms with E-state index in [1.165, 1.54) is 24.9 Å². The molecule has 2 rings (SSSR count). The van der Waals surface area contributed by atoms with Gasteiger partial charge in [0.25, 0.3) is 0 Å². The lowest BCUT2D eigenvalue weighted by molar-refractivity contribution is 0.220. The number of nitrogens with zero attached hydrogens (tertiary/aromatic N) is 1. The first-order valence-corrected chi connectivity index (χ1v) is 8.83. The van der Waals surface area contributed by atoms with Crippen LogP contribution < -0.4 is 10.6 Å². The SMILES string of the molecule is CC(C)(C)C1CCCN(c2cc(Br)ccc2C(N)=S)CC1. The van der Waals surface area contributed by atoms with Gasteiger partial charge in [0.2, 0.25) is 0 Å². The molecule has 2 nitrogen and oxygen atoms in total. The summed E-state index contributed by atoms with van der Waals surface area (Å²) in [5.41, 5.74) is 8.45. The number of benzene rings is 1. The fourth-order valence-electron chi connectivity index (χ4n) is 3.18. The van der Waals surface area contributed by atoms with Gasteiger partial charge in [0.1, 0.15) is 4.99 Å². The second-order valence-corrected chi connectivity index (χ2v) is 8.36. The van der Waals surface area contributed by atoms with Gasteiger partial charge in [-0.3, -0.25) is 0 Å². The Labute approximate surface area is 142 Å². The first-order chi connectivity index (χ1) is 9.79. The van der Waals surface area contributed by atoms with E-state index in [9.17, 15) is 0 Å². The second-order valence-electron chi connectivity index (χ2n) is 7.01. The molecule has 0 aliphatic carbocycles. The van der Waals surface area contributed by atoms with Crippen LogP contribution in [0, 0.1) is 11.3 Å². The highest BCUT2D eigenvalue weighted by Crippen LogP contribution is 2.36. The van der Waals surface area contributed by atoms with E-state index in [0.29, 0.717) is 10.4 Å². The van der Waals surface area contributed by atoms with E-state index in [4.69, 9.17) is 18.0 Å². The first-order valence-electron chi connectivity index (χ1n) is 7.63. The quantitative estimate of drug-likeness (QED) is 0.764. The summed E-state index contributed by atoms with van der Waals surface area (Å²) >= 11 is 8.78. The molecule has 0 radical (unpaired) electrons. The summed E-state index contributed by atoms with van der Waals surface area (Å²) < 4.78 is 1.08. The third-order valence-corrected chi connectivity index (χ3v) is 5.23. The van der Waals surface area contributed by atoms with Crippen LogP contribution in [-0.4, -0.2) is 18.1 Å². The van der Waals surface area contributed by atoms with E-state index < -0.39 is 0 Å². The van der Waals surface area contributed by atoms with Crippen LogP contribution in [0.5, 0.6) is 0 Å². The van der Waals surface area contributed by atoms with Crippen LogP contribution in [-0.2, 0) is 0 Å². The van der Waals surface area contributed by atoms with E-state index >= 15 is 0 Å². The van der Waals surface area contributed by atoms with Crippen LogP contribution in [0.2, 0.25) is 0 Å². The predicted molar refractivity (Wildman–Crippen MR) is 99.0 cm³/mol. The summed E-state index contributed by atoms with van der Waals surface area (Å²) in [6.45, 7) is 9.22. The van der Waals surface area contributed by atoms with Crippen molar-refractivity contribution in [2.24, 2.45) is 17.1 Å². The van der Waals surface area contributed by atoms with Crippen LogP contribution in [0.25, 0.3) is 0 Å². The maximum atomic E-state index is 5.90. The molecule has 0 spiro atoms. The van der Waals surface area contributed by atoms with Crippen molar-refractivity contribution in [3.8, 4) is 0 Å². The Bertz CT molecular complexity index is 522. The van der Waals surface area contributed by atoms with Gasteiger partial charge in [0, 0.05) is 28.8 Å². The van der Waals surface area contributed by atoms with Crippen LogP contribution in [0.15, 0.2) is 22.7 Å². The third-order valence-electron chi connectivity index (χ3n) is 4.52. The molecule has 1 heterocycles. The molecule has 0 saturated carbocycles. The van der Waals surface area contributed by atoms with Crippen LogP contribution >= 0.6 is 28.1 Å². The zero-order valence-electron chi connectivity index (χ0n) is 13.2. The number of rotatable bonds is 2. The Hall–Kier alpha value is -0.610. The number of hydrogen-bond donors (Lipinski definition) is 1. The number of halogens is 1. The number of thiocarbonyl (C=S) groups is 1. The molecule has 0 bridgehead atoms. The molecule has 2 N–H and O–H groups in total. The highest BCUT2D eigenvalue weighted by atomic mass is 79.9. The monoisotopic (exact) mass is 368 g/mol. The highest BCUT2D eigenvalue weighted by Gasteiger charge is 2.27. The Morgan fingerprint density at radius 3 is 2.62 bits per heavy atom. The molecule has 21 heavy (non-hydrogen) atoms. The Morgan fingerprint density at radius 1 is 1.29 bits per heavy atom. The summed E-state index contributed by atoms with van der Waals surface area (Å²) in [7, 11) is 0. The molecule has 1 saturated heterocycles. The molecule has 1 aliphatic rings. The van der Waals surface area contributed by atoms with Crippen LogP contribution in [0.1, 0.15) is 45.6 Å². The van der Waals surface area contributed by atoms with E-state index in [2.05, 4.69) is 47.7 Å². The predicted octanol–water partition coefficient (Wildman–Crippen LogP) is 4.74. The zero-order valence-corrected chi connectivity index (χ0v) is 15.6. The molecule has 0 amide bonds. The largest absolute Gasteiger partial charge is 0.389 e. The van der Waals surface area contributed by atoms with Crippen LogP contribution in [0.3, 0.4) is 0 Å². The molecule has 1 aromatic rings. The molecule has 1 fully saturated rings. The first kappa shape index (κ1) is 16.8. The lowest BCUT2D eigenvalue weighted by Crippen LogP contribution is -2.28. The van der Waals surface area contributed by atoms with Gasteiger partial charge >= 0.3 is 0 Å². The van der Waals surface area contributed by atoms with Gasteiger partial charge in [-0.2, -0.15) is 0 Å². The molecule has 1 aromatic carbocycles. The summed E-state index contributed by atoms with van der Waals surface area (Å²) in [6.07, 6.45) is 3.76. The lowest BCUT2D eigenvalue weighted by atomic mass is 9.77. The minimum atomic E-state index is 0.388. The van der Waals surface area contributed by atoms with E-state index in [0.717, 1.165) is 29.0 Å².